The topological polar surface area (TPSA) is 64.4 Å². The monoisotopic (exact) mass is 214 g/mol. The third-order valence-electron chi connectivity index (χ3n) is 2.99. The SMILES string of the molecule is CCC(CC)NC(=O)[C@@H]1CC[C@H](CN)O1. The third-order valence-corrected chi connectivity index (χ3v) is 2.99. The number of amides is 1. The Kier molecular flexibility index (Phi) is 5.05. The number of rotatable bonds is 5. The van der Waals surface area contributed by atoms with Crippen molar-refractivity contribution in [3.8, 4) is 0 Å². The Labute approximate surface area is 91.5 Å². The molecule has 15 heavy (non-hydrogen) atoms. The summed E-state index contributed by atoms with van der Waals surface area (Å²) in [6, 6.07) is 0.276. The Morgan fingerprint density at radius 1 is 1.47 bits per heavy atom. The van der Waals surface area contributed by atoms with Crippen LogP contribution in [0.4, 0.5) is 0 Å². The maximum atomic E-state index is 11.8. The summed E-state index contributed by atoms with van der Waals surface area (Å²) in [4.78, 5) is 11.8. The van der Waals surface area contributed by atoms with E-state index in [9.17, 15) is 4.79 Å². The summed E-state index contributed by atoms with van der Waals surface area (Å²) in [7, 11) is 0. The summed E-state index contributed by atoms with van der Waals surface area (Å²) in [5, 5.41) is 3.00. The van der Waals surface area contributed by atoms with E-state index in [4.69, 9.17) is 10.5 Å². The van der Waals surface area contributed by atoms with Crippen LogP contribution in [0.25, 0.3) is 0 Å². The Bertz CT molecular complexity index is 205. The molecule has 0 spiro atoms. The zero-order valence-electron chi connectivity index (χ0n) is 9.66. The van der Waals surface area contributed by atoms with Crippen LogP contribution in [0, 0.1) is 0 Å². The highest BCUT2D eigenvalue weighted by Crippen LogP contribution is 2.19. The number of nitrogens with two attached hydrogens (primary N) is 1. The van der Waals surface area contributed by atoms with Crippen LogP contribution in [0.15, 0.2) is 0 Å². The van der Waals surface area contributed by atoms with Gasteiger partial charge in [-0.2, -0.15) is 0 Å². The molecule has 0 radical (unpaired) electrons. The summed E-state index contributed by atoms with van der Waals surface area (Å²) >= 11 is 0. The summed E-state index contributed by atoms with van der Waals surface area (Å²) in [5.41, 5.74) is 5.49. The van der Waals surface area contributed by atoms with Crippen molar-refractivity contribution in [2.75, 3.05) is 6.54 Å². The van der Waals surface area contributed by atoms with Crippen molar-refractivity contribution in [3.05, 3.63) is 0 Å². The molecule has 1 aliphatic rings. The zero-order chi connectivity index (χ0) is 11.3. The lowest BCUT2D eigenvalue weighted by Crippen LogP contribution is -2.41. The second-order valence-corrected chi connectivity index (χ2v) is 4.08. The fourth-order valence-electron chi connectivity index (χ4n) is 1.86. The molecule has 1 saturated heterocycles. The van der Waals surface area contributed by atoms with Crippen LogP contribution in [0.3, 0.4) is 0 Å². The number of hydrogen-bond donors (Lipinski definition) is 2. The molecular weight excluding hydrogens is 192 g/mol. The summed E-state index contributed by atoms with van der Waals surface area (Å²) in [6.45, 7) is 4.66. The molecule has 1 amide bonds. The van der Waals surface area contributed by atoms with Gasteiger partial charge in [0.25, 0.3) is 0 Å². The highest BCUT2D eigenvalue weighted by atomic mass is 16.5. The average Bonchev–Trinajstić information content (AvgIpc) is 2.74. The minimum atomic E-state index is -0.279. The predicted molar refractivity (Wildman–Crippen MR) is 59.5 cm³/mol. The van der Waals surface area contributed by atoms with Crippen molar-refractivity contribution in [2.45, 2.75) is 57.8 Å². The lowest BCUT2D eigenvalue weighted by Gasteiger charge is -2.18. The maximum Gasteiger partial charge on any atom is 0.249 e. The first-order valence-corrected chi connectivity index (χ1v) is 5.87. The van der Waals surface area contributed by atoms with E-state index in [-0.39, 0.29) is 24.2 Å². The van der Waals surface area contributed by atoms with E-state index < -0.39 is 0 Å². The number of nitrogens with one attached hydrogen (secondary N) is 1. The fourth-order valence-corrected chi connectivity index (χ4v) is 1.86. The molecule has 88 valence electrons. The largest absolute Gasteiger partial charge is 0.364 e. The van der Waals surface area contributed by atoms with Crippen LogP contribution in [0.5, 0.6) is 0 Å². The van der Waals surface area contributed by atoms with Crippen LogP contribution >= 0.6 is 0 Å². The zero-order valence-corrected chi connectivity index (χ0v) is 9.66. The highest BCUT2D eigenvalue weighted by molar-refractivity contribution is 5.81. The first-order valence-electron chi connectivity index (χ1n) is 5.87. The van der Waals surface area contributed by atoms with Crippen LogP contribution in [-0.4, -0.2) is 30.7 Å². The molecule has 1 rings (SSSR count). The van der Waals surface area contributed by atoms with Gasteiger partial charge in [0.2, 0.25) is 5.91 Å². The van der Waals surface area contributed by atoms with Gasteiger partial charge < -0.3 is 15.8 Å². The second kappa shape index (κ2) is 6.08. The number of ether oxygens (including phenoxy) is 1. The number of hydrogen-bond acceptors (Lipinski definition) is 3. The maximum absolute atomic E-state index is 11.8. The van der Waals surface area contributed by atoms with Gasteiger partial charge in [0.05, 0.1) is 6.10 Å². The molecule has 0 aromatic carbocycles. The molecular formula is C11H22N2O2. The molecule has 0 bridgehead atoms. The fraction of sp³-hybridized carbons (Fsp3) is 0.909. The third kappa shape index (κ3) is 3.47. The summed E-state index contributed by atoms with van der Waals surface area (Å²) < 4.78 is 5.53. The summed E-state index contributed by atoms with van der Waals surface area (Å²) in [6.07, 6.45) is 3.43. The predicted octanol–water partition coefficient (Wildman–Crippen LogP) is 0.797. The van der Waals surface area contributed by atoms with Gasteiger partial charge in [-0.1, -0.05) is 13.8 Å². The van der Waals surface area contributed by atoms with E-state index in [0.29, 0.717) is 6.54 Å². The van der Waals surface area contributed by atoms with E-state index in [1.165, 1.54) is 0 Å². The van der Waals surface area contributed by atoms with Gasteiger partial charge in [-0.25, -0.2) is 0 Å². The van der Waals surface area contributed by atoms with Gasteiger partial charge in [0.1, 0.15) is 6.10 Å². The van der Waals surface area contributed by atoms with Crippen molar-refractivity contribution in [3.63, 3.8) is 0 Å². The Hall–Kier alpha value is -0.610. The highest BCUT2D eigenvalue weighted by Gasteiger charge is 2.30. The standard InChI is InChI=1S/C11H22N2O2/c1-3-8(4-2)13-11(14)10-6-5-9(7-12)15-10/h8-10H,3-7,12H2,1-2H3,(H,13,14)/t9-,10+/m1/s1. The lowest BCUT2D eigenvalue weighted by atomic mass is 10.1. The normalized spacial score (nSPS) is 25.9. The number of carbonyl (C=O) groups is 1. The van der Waals surface area contributed by atoms with Crippen molar-refractivity contribution in [1.82, 2.24) is 5.32 Å². The van der Waals surface area contributed by atoms with Crippen molar-refractivity contribution in [2.24, 2.45) is 5.73 Å². The summed E-state index contributed by atoms with van der Waals surface area (Å²) in [5.74, 6) is 0.0275. The lowest BCUT2D eigenvalue weighted by molar-refractivity contribution is -0.132. The van der Waals surface area contributed by atoms with Crippen molar-refractivity contribution < 1.29 is 9.53 Å². The van der Waals surface area contributed by atoms with Crippen LogP contribution in [-0.2, 0) is 9.53 Å². The molecule has 2 atom stereocenters. The molecule has 0 saturated carbocycles. The molecule has 0 aliphatic carbocycles. The van der Waals surface area contributed by atoms with Gasteiger partial charge in [-0.05, 0) is 25.7 Å². The van der Waals surface area contributed by atoms with Crippen LogP contribution < -0.4 is 11.1 Å². The molecule has 0 unspecified atom stereocenters. The van der Waals surface area contributed by atoms with E-state index in [1.54, 1.807) is 0 Å². The van der Waals surface area contributed by atoms with Crippen molar-refractivity contribution >= 4 is 5.91 Å². The minimum Gasteiger partial charge on any atom is -0.364 e. The molecule has 1 fully saturated rings. The van der Waals surface area contributed by atoms with Gasteiger partial charge in [0.15, 0.2) is 0 Å². The van der Waals surface area contributed by atoms with Crippen LogP contribution in [0.1, 0.15) is 39.5 Å². The Balaban J connectivity index is 2.34. The molecule has 0 aromatic rings. The minimum absolute atomic E-state index is 0.0275. The molecule has 1 aliphatic heterocycles. The number of carbonyl (C=O) groups excluding carboxylic acids is 1. The quantitative estimate of drug-likeness (QED) is 0.711. The van der Waals surface area contributed by atoms with E-state index in [0.717, 1.165) is 25.7 Å². The molecule has 1 heterocycles. The Morgan fingerprint density at radius 2 is 2.13 bits per heavy atom. The van der Waals surface area contributed by atoms with Gasteiger partial charge in [0, 0.05) is 12.6 Å². The molecule has 0 aromatic heterocycles. The molecule has 4 heteroatoms. The Morgan fingerprint density at radius 3 is 2.60 bits per heavy atom. The average molecular weight is 214 g/mol. The smallest absolute Gasteiger partial charge is 0.249 e. The van der Waals surface area contributed by atoms with E-state index in [1.807, 2.05) is 0 Å². The van der Waals surface area contributed by atoms with Gasteiger partial charge in [-0.3, -0.25) is 4.79 Å². The van der Waals surface area contributed by atoms with Gasteiger partial charge >= 0.3 is 0 Å². The van der Waals surface area contributed by atoms with Gasteiger partial charge in [-0.15, -0.1) is 0 Å². The van der Waals surface area contributed by atoms with Crippen molar-refractivity contribution in [1.29, 1.82) is 0 Å². The van der Waals surface area contributed by atoms with E-state index >= 15 is 0 Å². The molecule has 4 nitrogen and oxygen atoms in total. The molecule has 3 N–H and O–H groups in total. The van der Waals surface area contributed by atoms with Crippen LogP contribution in [0.2, 0.25) is 0 Å². The first-order chi connectivity index (χ1) is 7.21. The second-order valence-electron chi connectivity index (χ2n) is 4.08. The first kappa shape index (κ1) is 12.5. The van der Waals surface area contributed by atoms with E-state index in [2.05, 4.69) is 19.2 Å².